The molecule has 1 aromatic heterocycles. The highest BCUT2D eigenvalue weighted by Crippen LogP contribution is 2.55. The van der Waals surface area contributed by atoms with Gasteiger partial charge in [-0.3, -0.25) is 9.48 Å². The van der Waals surface area contributed by atoms with E-state index in [2.05, 4.69) is 22.5 Å². The highest BCUT2D eigenvalue weighted by atomic mass is 16.1. The van der Waals surface area contributed by atoms with Crippen LogP contribution >= 0.6 is 0 Å². The number of carbonyl (C=O) groups excluding carboxylic acids is 1. The second kappa shape index (κ2) is 5.52. The van der Waals surface area contributed by atoms with E-state index in [0.29, 0.717) is 5.56 Å². The Kier molecular flexibility index (Phi) is 3.47. The number of rotatable bonds is 5. The Balaban J connectivity index is 1.48. The second-order valence-electron chi connectivity index (χ2n) is 7.11. The van der Waals surface area contributed by atoms with Gasteiger partial charge in [-0.1, -0.05) is 18.2 Å². The number of para-hydroxylation sites is 1. The lowest BCUT2D eigenvalue weighted by Gasteiger charge is -2.11. The molecule has 0 spiro atoms. The number of nitrogens with zero attached hydrogens (tertiary/aromatic N) is 2. The number of amides is 1. The van der Waals surface area contributed by atoms with Gasteiger partial charge < -0.3 is 5.32 Å². The molecule has 0 aliphatic heterocycles. The van der Waals surface area contributed by atoms with Crippen LogP contribution in [0.1, 0.15) is 40.9 Å². The van der Waals surface area contributed by atoms with Gasteiger partial charge in [-0.05, 0) is 62.0 Å². The first-order valence-electron chi connectivity index (χ1n) is 8.51. The topological polar surface area (TPSA) is 46.9 Å². The summed E-state index contributed by atoms with van der Waals surface area (Å²) in [6.07, 6.45) is 7.09. The lowest BCUT2D eigenvalue weighted by molar-refractivity contribution is 0.102. The van der Waals surface area contributed by atoms with Crippen LogP contribution in [0.5, 0.6) is 0 Å². The zero-order valence-electron chi connectivity index (χ0n) is 13.7. The number of nitrogens with one attached hydrogen (secondary N) is 1. The molecule has 4 rings (SSSR count). The van der Waals surface area contributed by atoms with Crippen LogP contribution < -0.4 is 5.32 Å². The zero-order valence-corrected chi connectivity index (χ0v) is 13.7. The Morgan fingerprint density at radius 2 is 2.13 bits per heavy atom. The maximum atomic E-state index is 12.5. The first-order valence-corrected chi connectivity index (χ1v) is 8.51. The molecule has 1 unspecified atom stereocenters. The number of benzene rings is 1. The Labute approximate surface area is 136 Å². The first-order chi connectivity index (χ1) is 11.1. The molecular formula is C19H23N3O. The number of carbonyl (C=O) groups is 1. The van der Waals surface area contributed by atoms with Gasteiger partial charge in [0, 0.05) is 18.9 Å². The van der Waals surface area contributed by atoms with Crippen LogP contribution in [0, 0.1) is 24.7 Å². The van der Waals surface area contributed by atoms with Gasteiger partial charge in [-0.25, -0.2) is 0 Å². The van der Waals surface area contributed by atoms with E-state index in [1.807, 2.05) is 26.1 Å². The van der Waals surface area contributed by atoms with Crippen LogP contribution in [0.3, 0.4) is 0 Å². The lowest BCUT2D eigenvalue weighted by Crippen LogP contribution is -2.14. The van der Waals surface area contributed by atoms with E-state index >= 15 is 0 Å². The van der Waals surface area contributed by atoms with Crippen LogP contribution in [-0.2, 0) is 13.5 Å². The third-order valence-electron chi connectivity index (χ3n) is 5.21. The Morgan fingerprint density at radius 3 is 2.83 bits per heavy atom. The van der Waals surface area contributed by atoms with E-state index in [4.69, 9.17) is 0 Å². The van der Waals surface area contributed by atoms with Crippen LogP contribution in [0.4, 0.5) is 5.69 Å². The maximum absolute atomic E-state index is 12.5. The molecule has 2 atom stereocenters. The van der Waals surface area contributed by atoms with E-state index in [-0.39, 0.29) is 5.91 Å². The summed E-state index contributed by atoms with van der Waals surface area (Å²) in [4.78, 5) is 12.5. The third-order valence-corrected chi connectivity index (χ3v) is 5.21. The minimum atomic E-state index is -0.0717. The van der Waals surface area contributed by atoms with Gasteiger partial charge in [0.25, 0.3) is 5.91 Å². The van der Waals surface area contributed by atoms with Gasteiger partial charge in [0.15, 0.2) is 0 Å². The number of hydrogen-bond donors (Lipinski definition) is 1. The predicted molar refractivity (Wildman–Crippen MR) is 90.4 cm³/mol. The highest BCUT2D eigenvalue weighted by molar-refractivity contribution is 6.05. The van der Waals surface area contributed by atoms with Crippen LogP contribution in [0.25, 0.3) is 0 Å². The summed E-state index contributed by atoms with van der Waals surface area (Å²) in [7, 11) is 1.84. The molecule has 2 saturated carbocycles. The van der Waals surface area contributed by atoms with Gasteiger partial charge in [0.2, 0.25) is 0 Å². The van der Waals surface area contributed by atoms with E-state index in [1.165, 1.54) is 24.8 Å². The highest BCUT2D eigenvalue weighted by Gasteiger charge is 2.47. The minimum Gasteiger partial charge on any atom is -0.322 e. The Morgan fingerprint density at radius 1 is 1.35 bits per heavy atom. The van der Waals surface area contributed by atoms with E-state index in [9.17, 15) is 4.79 Å². The fraction of sp³-hybridized carbons (Fsp3) is 0.474. The van der Waals surface area contributed by atoms with Crippen molar-refractivity contribution in [3.63, 3.8) is 0 Å². The number of anilines is 1. The molecule has 0 radical (unpaired) electrons. The van der Waals surface area contributed by atoms with Gasteiger partial charge in [0.1, 0.15) is 0 Å². The molecule has 2 aromatic rings. The zero-order chi connectivity index (χ0) is 16.0. The summed E-state index contributed by atoms with van der Waals surface area (Å²) in [6.45, 7) is 1.87. The molecule has 0 bridgehead atoms. The molecule has 2 aliphatic carbocycles. The van der Waals surface area contributed by atoms with Crippen LogP contribution in [0.15, 0.2) is 30.5 Å². The first kappa shape index (κ1) is 14.5. The number of aromatic nitrogens is 2. The summed E-state index contributed by atoms with van der Waals surface area (Å²) >= 11 is 0. The van der Waals surface area contributed by atoms with Crippen LogP contribution in [-0.4, -0.2) is 15.7 Å². The fourth-order valence-electron chi connectivity index (χ4n) is 3.72. The van der Waals surface area contributed by atoms with Crippen molar-refractivity contribution in [1.82, 2.24) is 9.78 Å². The fourth-order valence-corrected chi connectivity index (χ4v) is 3.72. The van der Waals surface area contributed by atoms with Crippen molar-refractivity contribution in [2.45, 2.75) is 32.6 Å². The van der Waals surface area contributed by atoms with Gasteiger partial charge in [-0.2, -0.15) is 5.10 Å². The van der Waals surface area contributed by atoms with E-state index in [1.54, 1.807) is 10.9 Å². The van der Waals surface area contributed by atoms with Gasteiger partial charge in [0.05, 0.1) is 11.3 Å². The monoisotopic (exact) mass is 309 g/mol. The smallest absolute Gasteiger partial charge is 0.259 e. The molecule has 0 saturated heterocycles. The summed E-state index contributed by atoms with van der Waals surface area (Å²) in [5.74, 6) is 2.69. The third kappa shape index (κ3) is 3.03. The van der Waals surface area contributed by atoms with Gasteiger partial charge >= 0.3 is 0 Å². The number of hydrogen-bond acceptors (Lipinski definition) is 2. The van der Waals surface area contributed by atoms with E-state index < -0.39 is 0 Å². The molecule has 1 heterocycles. The summed E-state index contributed by atoms with van der Waals surface area (Å²) in [5.41, 5.74) is 3.61. The Bertz CT molecular complexity index is 745. The molecule has 4 heteroatoms. The average Bonchev–Trinajstić information content (AvgIpc) is 3.40. The molecule has 1 amide bonds. The van der Waals surface area contributed by atoms with E-state index in [0.717, 1.165) is 35.6 Å². The normalized spacial score (nSPS) is 22.9. The molecule has 23 heavy (non-hydrogen) atoms. The molecule has 1 aromatic carbocycles. The summed E-state index contributed by atoms with van der Waals surface area (Å²) < 4.78 is 1.68. The number of aryl methyl sites for hydroxylation is 2. The molecule has 1 N–H and O–H groups in total. The van der Waals surface area contributed by atoms with Crippen molar-refractivity contribution in [2.75, 3.05) is 5.32 Å². The van der Waals surface area contributed by atoms with Gasteiger partial charge in [-0.15, -0.1) is 0 Å². The quantitative estimate of drug-likeness (QED) is 0.918. The van der Waals surface area contributed by atoms with Crippen molar-refractivity contribution in [3.05, 3.63) is 47.3 Å². The predicted octanol–water partition coefficient (Wildman–Crippen LogP) is 3.57. The molecule has 120 valence electrons. The minimum absolute atomic E-state index is 0.0717. The summed E-state index contributed by atoms with van der Waals surface area (Å²) in [6, 6.07) is 8.21. The van der Waals surface area contributed by atoms with Crippen molar-refractivity contribution >= 4 is 11.6 Å². The van der Waals surface area contributed by atoms with Crippen molar-refractivity contribution in [2.24, 2.45) is 24.8 Å². The Hall–Kier alpha value is -2.10. The van der Waals surface area contributed by atoms with Crippen molar-refractivity contribution in [1.29, 1.82) is 0 Å². The molecule has 4 nitrogen and oxygen atoms in total. The summed E-state index contributed by atoms with van der Waals surface area (Å²) in [5, 5.41) is 7.33. The molecular weight excluding hydrogens is 286 g/mol. The molecule has 2 aliphatic rings. The van der Waals surface area contributed by atoms with Crippen molar-refractivity contribution < 1.29 is 4.79 Å². The largest absolute Gasteiger partial charge is 0.322 e. The SMILES string of the molecule is Cc1nn(C)cc1C(=O)Nc1ccccc1CC1C[C@@H]1C1CC1. The molecule has 2 fully saturated rings. The van der Waals surface area contributed by atoms with Crippen LogP contribution in [0.2, 0.25) is 0 Å². The maximum Gasteiger partial charge on any atom is 0.259 e. The standard InChI is InChI=1S/C19H23N3O/c1-12-17(11-22(2)21-12)19(23)20-18-6-4-3-5-14(18)9-15-10-16(15)13-7-8-13/h3-6,11,13,15-16H,7-10H2,1-2H3,(H,20,23)/t15?,16-/m1/s1. The second-order valence-corrected chi connectivity index (χ2v) is 7.11. The lowest BCUT2D eigenvalue weighted by atomic mass is 10.0. The van der Waals surface area contributed by atoms with Crippen molar-refractivity contribution in [3.8, 4) is 0 Å². The average molecular weight is 309 g/mol.